The van der Waals surface area contributed by atoms with E-state index in [2.05, 4.69) is 27.7 Å². The first kappa shape index (κ1) is 58.9. The van der Waals surface area contributed by atoms with Gasteiger partial charge in [-0.25, -0.2) is 0 Å². The van der Waals surface area contributed by atoms with Crippen LogP contribution < -0.4 is 0 Å². The smallest absolute Gasteiger partial charge is 0.306 e. The summed E-state index contributed by atoms with van der Waals surface area (Å²) < 4.78 is 21.2. The van der Waals surface area contributed by atoms with Gasteiger partial charge in [-0.15, -0.1) is 0 Å². The van der Waals surface area contributed by atoms with E-state index < -0.39 is 5.79 Å². The van der Waals surface area contributed by atoms with Crippen molar-refractivity contribution in [2.75, 3.05) is 41.0 Å². The second-order valence-electron chi connectivity index (χ2n) is 18.8. The number of unbranched alkanes of at least 4 members (excludes halogenated alkanes) is 8. The van der Waals surface area contributed by atoms with Crippen LogP contribution in [-0.4, -0.2) is 97.8 Å². The molecule has 4 fully saturated rings. The Hall–Kier alpha value is -2.08. The molecule has 0 aromatic carbocycles. The van der Waals surface area contributed by atoms with Gasteiger partial charge in [0.1, 0.15) is 11.9 Å². The highest BCUT2D eigenvalue weighted by atomic mass is 16.7. The highest BCUT2D eigenvalue weighted by molar-refractivity contribution is 5.85. The number of amides is 1. The molecular weight excluding hydrogens is 799 g/mol. The summed E-state index contributed by atoms with van der Waals surface area (Å²) in [6, 6.07) is 0. The monoisotopic (exact) mass is 896 g/mol. The number of hydrogen-bond donors (Lipinski definition) is 2. The maximum Gasteiger partial charge on any atom is 0.306 e. The number of Topliss-reactive ketones (excluding diaryl/α,β-unsaturated/α-hetero) is 1. The summed E-state index contributed by atoms with van der Waals surface area (Å²) in [4.78, 5) is 48.2. The fourth-order valence-electron chi connectivity index (χ4n) is 10.6. The van der Waals surface area contributed by atoms with E-state index in [9.17, 15) is 24.3 Å². The van der Waals surface area contributed by atoms with E-state index in [1.165, 1.54) is 71.3 Å². The van der Waals surface area contributed by atoms with Crippen molar-refractivity contribution in [3.63, 3.8) is 0 Å². The molecule has 8 unspecified atom stereocenters. The van der Waals surface area contributed by atoms with Crippen LogP contribution in [0.4, 0.5) is 0 Å². The summed E-state index contributed by atoms with van der Waals surface area (Å²) in [6.45, 7) is 14.6. The van der Waals surface area contributed by atoms with Crippen LogP contribution >= 0.6 is 0 Å². The van der Waals surface area contributed by atoms with Gasteiger partial charge >= 0.3 is 11.9 Å². The summed E-state index contributed by atoms with van der Waals surface area (Å²) in [5.41, 5.74) is 0. The van der Waals surface area contributed by atoms with Gasteiger partial charge in [0, 0.05) is 77.9 Å². The average molecular weight is 896 g/mol. The molecule has 0 bridgehead atoms. The molecule has 1 saturated heterocycles. The number of esters is 2. The quantitative estimate of drug-likeness (QED) is 0.0488. The lowest BCUT2D eigenvalue weighted by Crippen LogP contribution is -2.40. The molecule has 1 heterocycles. The largest absolute Gasteiger partial charge is 0.469 e. The topological polar surface area (TPSA) is 149 Å². The molecular formula is C52H97NO10. The van der Waals surface area contributed by atoms with Gasteiger partial charge in [0.05, 0.1) is 13.2 Å². The Morgan fingerprint density at radius 3 is 1.78 bits per heavy atom. The van der Waals surface area contributed by atoms with E-state index in [1.54, 1.807) is 14.2 Å². The number of methoxy groups -OCH3 is 3. The van der Waals surface area contributed by atoms with Gasteiger partial charge in [0.2, 0.25) is 5.91 Å². The summed E-state index contributed by atoms with van der Waals surface area (Å²) in [6.07, 6.45) is 27.9. The van der Waals surface area contributed by atoms with Gasteiger partial charge in [-0.3, -0.25) is 19.2 Å². The highest BCUT2D eigenvalue weighted by Gasteiger charge is 2.49. The Bertz CT molecular complexity index is 1200. The molecule has 0 spiro atoms. The van der Waals surface area contributed by atoms with E-state index in [0.29, 0.717) is 55.1 Å². The molecule has 63 heavy (non-hydrogen) atoms. The third-order valence-electron chi connectivity index (χ3n) is 14.6. The van der Waals surface area contributed by atoms with Gasteiger partial charge in [-0.2, -0.15) is 0 Å². The third kappa shape index (κ3) is 21.8. The molecule has 4 aliphatic rings. The molecule has 3 saturated carbocycles. The number of carbonyl (C=O) groups is 4. The van der Waals surface area contributed by atoms with Crippen molar-refractivity contribution in [1.82, 2.24) is 4.90 Å². The molecule has 8 atom stereocenters. The minimum Gasteiger partial charge on any atom is -0.469 e. The van der Waals surface area contributed by atoms with Crippen molar-refractivity contribution in [1.29, 1.82) is 0 Å². The van der Waals surface area contributed by atoms with E-state index in [0.717, 1.165) is 96.6 Å². The standard InChI is InChI=1S/C16H29NO2.C15H28O4.C12H24O2.C9H16O2/c1-4-7-8-9-14-13(10-11-15(14)18)12-16(19)17(5-2)6-3;1-5-6-7-8-13-12(11-14(16)17-2)9-10-15(13,18-3)19-4;1-2-3-4-5-11-10(8-9-13)6-7-12(11)14;1-2-3-4-5-8-6-7-9(10)11-8/h13-14H,4-12H2,1-3H3;12-13H,5-11H2,1-4H3;10-14H,2-9H2,1H3;8H,2-7H2,1H3. The summed E-state index contributed by atoms with van der Waals surface area (Å²) >= 11 is 0. The van der Waals surface area contributed by atoms with E-state index in [4.69, 9.17) is 24.1 Å². The molecule has 4 rings (SSSR count). The third-order valence-corrected chi connectivity index (χ3v) is 14.6. The van der Waals surface area contributed by atoms with Crippen molar-refractivity contribution >= 4 is 23.6 Å². The van der Waals surface area contributed by atoms with Crippen LogP contribution in [0, 0.1) is 35.5 Å². The second kappa shape index (κ2) is 35.2. The zero-order valence-electron chi connectivity index (χ0n) is 41.9. The Labute approximate surface area is 385 Å². The average Bonchev–Trinajstić information content (AvgIpc) is 4.05. The number of aliphatic hydroxyl groups is 2. The Kier molecular flexibility index (Phi) is 32.9. The zero-order chi connectivity index (χ0) is 47.0. The number of rotatable bonds is 26. The normalized spacial score (nSPS) is 25.9. The van der Waals surface area contributed by atoms with Gasteiger partial charge in [0.25, 0.3) is 0 Å². The molecule has 11 heteroatoms. The fourth-order valence-corrected chi connectivity index (χ4v) is 10.6. The molecule has 11 nitrogen and oxygen atoms in total. The van der Waals surface area contributed by atoms with Gasteiger partial charge in [-0.1, -0.05) is 98.3 Å². The number of aliphatic hydroxyl groups excluding tert-OH is 2. The predicted molar refractivity (Wildman–Crippen MR) is 253 cm³/mol. The van der Waals surface area contributed by atoms with Gasteiger partial charge in [-0.05, 0) is 108 Å². The lowest BCUT2D eigenvalue weighted by Gasteiger charge is -2.35. The summed E-state index contributed by atoms with van der Waals surface area (Å²) in [7, 11) is 4.86. The van der Waals surface area contributed by atoms with Crippen molar-refractivity contribution in [2.24, 2.45) is 35.5 Å². The summed E-state index contributed by atoms with van der Waals surface area (Å²) in [5, 5.41) is 18.7. The SMILES string of the molecule is CCCCCC1C(=O)CCC1CC(=O)N(CC)CC.CCCCCC1C(CC(=O)OC)CCC1(OC)OC.CCCCCC1C(O)CCC1CCO.CCCCCC1CCC(=O)O1. The van der Waals surface area contributed by atoms with Crippen LogP contribution in [0.1, 0.15) is 215 Å². The predicted octanol–water partition coefficient (Wildman–Crippen LogP) is 11.2. The van der Waals surface area contributed by atoms with Crippen LogP contribution in [0.5, 0.6) is 0 Å². The van der Waals surface area contributed by atoms with Crippen LogP contribution in [0.2, 0.25) is 0 Å². The second-order valence-corrected chi connectivity index (χ2v) is 18.8. The van der Waals surface area contributed by atoms with Crippen molar-refractivity contribution in [3.05, 3.63) is 0 Å². The van der Waals surface area contributed by atoms with Crippen LogP contribution in [0.15, 0.2) is 0 Å². The number of carbonyl (C=O) groups excluding carboxylic acids is 4. The molecule has 2 N–H and O–H groups in total. The Morgan fingerprint density at radius 2 is 1.25 bits per heavy atom. The number of cyclic esters (lactones) is 1. The molecule has 3 aliphatic carbocycles. The lowest BCUT2D eigenvalue weighted by atomic mass is 9.85. The molecule has 370 valence electrons. The molecule has 0 aromatic heterocycles. The van der Waals surface area contributed by atoms with Crippen molar-refractivity contribution in [3.8, 4) is 0 Å². The number of nitrogens with zero attached hydrogens (tertiary/aromatic N) is 1. The maximum atomic E-state index is 12.2. The number of ether oxygens (including phenoxy) is 4. The minimum atomic E-state index is -0.508. The number of hydrogen-bond acceptors (Lipinski definition) is 10. The Morgan fingerprint density at radius 1 is 0.667 bits per heavy atom. The maximum absolute atomic E-state index is 12.2. The Balaban J connectivity index is 0.000000429. The molecule has 0 aromatic rings. The van der Waals surface area contributed by atoms with Crippen molar-refractivity contribution in [2.45, 2.75) is 233 Å². The van der Waals surface area contributed by atoms with Gasteiger partial charge < -0.3 is 34.1 Å². The first-order valence-electron chi connectivity index (χ1n) is 25.8. The van der Waals surface area contributed by atoms with E-state index >= 15 is 0 Å². The fraction of sp³-hybridized carbons (Fsp3) is 0.923. The molecule has 1 aliphatic heterocycles. The minimum absolute atomic E-state index is 0.00787. The summed E-state index contributed by atoms with van der Waals surface area (Å²) in [5.74, 6) is 2.08. The molecule has 1 amide bonds. The van der Waals surface area contributed by atoms with Gasteiger partial charge in [0.15, 0.2) is 5.79 Å². The van der Waals surface area contributed by atoms with Crippen LogP contribution in [0.25, 0.3) is 0 Å². The first-order valence-corrected chi connectivity index (χ1v) is 25.8. The van der Waals surface area contributed by atoms with Crippen LogP contribution in [0.3, 0.4) is 0 Å². The number of ketones is 1. The zero-order valence-corrected chi connectivity index (χ0v) is 41.9. The molecule has 0 radical (unpaired) electrons. The first-order chi connectivity index (χ1) is 30.4. The van der Waals surface area contributed by atoms with Crippen LogP contribution in [-0.2, 0) is 38.1 Å². The highest BCUT2D eigenvalue weighted by Crippen LogP contribution is 2.47. The van der Waals surface area contributed by atoms with Crippen molar-refractivity contribution < 1.29 is 48.3 Å². The van der Waals surface area contributed by atoms with E-state index in [1.807, 2.05) is 18.7 Å². The lowest BCUT2D eigenvalue weighted by molar-refractivity contribution is -0.233. The van der Waals surface area contributed by atoms with E-state index in [-0.39, 0.29) is 48.5 Å².